The van der Waals surface area contributed by atoms with Crippen molar-refractivity contribution < 1.29 is 14.8 Å². The third-order valence-corrected chi connectivity index (χ3v) is 4.56. The number of amides is 1. The zero-order chi connectivity index (χ0) is 16.6. The quantitative estimate of drug-likeness (QED) is 0.664. The molecule has 1 aromatic carbocycles. The van der Waals surface area contributed by atoms with Crippen molar-refractivity contribution in [3.05, 3.63) is 40.1 Å². The molecule has 0 spiro atoms. The van der Waals surface area contributed by atoms with Crippen LogP contribution in [0.4, 0.5) is 5.69 Å². The molecule has 2 aromatic rings. The zero-order valence-corrected chi connectivity index (χ0v) is 12.9. The van der Waals surface area contributed by atoms with Gasteiger partial charge in [0.15, 0.2) is 0 Å². The number of nitro groups is 1. The van der Waals surface area contributed by atoms with E-state index in [1.54, 1.807) is 24.1 Å². The summed E-state index contributed by atoms with van der Waals surface area (Å²) in [5, 5.41) is 21.2. The van der Waals surface area contributed by atoms with E-state index in [4.69, 9.17) is 0 Å². The van der Waals surface area contributed by atoms with E-state index in [2.05, 4.69) is 4.98 Å². The first-order valence-electron chi connectivity index (χ1n) is 7.66. The number of rotatable bonds is 4. The van der Waals surface area contributed by atoms with Gasteiger partial charge in [0.2, 0.25) is 5.91 Å². The minimum Gasteiger partial charge on any atom is -0.393 e. The standard InChI is InChI=1S/C16H19N3O4/c1-10(20)11-4-5-18(9-11)16(21)6-12-8-17-15-3-2-13(19(22)23)7-14(12)15/h2-3,7-8,10-11,17,20H,4-6,9H2,1H3. The number of aliphatic hydroxyl groups excluding tert-OH is 1. The van der Waals surface area contributed by atoms with Gasteiger partial charge in [0.25, 0.3) is 5.69 Å². The van der Waals surface area contributed by atoms with E-state index in [9.17, 15) is 20.0 Å². The number of hydrogen-bond acceptors (Lipinski definition) is 4. The minimum absolute atomic E-state index is 0.0134. The lowest BCUT2D eigenvalue weighted by atomic mass is 10.0. The molecule has 1 amide bonds. The number of H-pyrrole nitrogens is 1. The lowest BCUT2D eigenvalue weighted by molar-refractivity contribution is -0.384. The number of nitrogens with zero attached hydrogens (tertiary/aromatic N) is 2. The zero-order valence-electron chi connectivity index (χ0n) is 12.9. The molecule has 2 unspecified atom stereocenters. The maximum absolute atomic E-state index is 12.4. The van der Waals surface area contributed by atoms with Crippen molar-refractivity contribution in [2.45, 2.75) is 25.9 Å². The molecule has 1 saturated heterocycles. The van der Waals surface area contributed by atoms with Crippen LogP contribution in [0.2, 0.25) is 0 Å². The Hall–Kier alpha value is -2.41. The molecular weight excluding hydrogens is 298 g/mol. The SMILES string of the molecule is CC(O)C1CCN(C(=O)Cc2c[nH]c3ccc([N+](=O)[O-])cc23)C1. The number of fused-ring (bicyclic) bond motifs is 1. The summed E-state index contributed by atoms with van der Waals surface area (Å²) in [5.74, 6) is 0.114. The molecule has 1 fully saturated rings. The largest absolute Gasteiger partial charge is 0.393 e. The Balaban J connectivity index is 1.77. The highest BCUT2D eigenvalue weighted by Crippen LogP contribution is 2.25. The van der Waals surface area contributed by atoms with Gasteiger partial charge in [-0.2, -0.15) is 0 Å². The number of carbonyl (C=O) groups excluding carboxylic acids is 1. The molecule has 23 heavy (non-hydrogen) atoms. The van der Waals surface area contributed by atoms with E-state index in [0.717, 1.165) is 17.5 Å². The summed E-state index contributed by atoms with van der Waals surface area (Å²) < 4.78 is 0. The first-order chi connectivity index (χ1) is 11.0. The highest BCUT2D eigenvalue weighted by atomic mass is 16.6. The van der Waals surface area contributed by atoms with E-state index in [1.807, 2.05) is 0 Å². The highest BCUT2D eigenvalue weighted by molar-refractivity contribution is 5.90. The van der Waals surface area contributed by atoms with Crippen LogP contribution < -0.4 is 0 Å². The molecule has 1 aliphatic rings. The molecule has 0 radical (unpaired) electrons. The van der Waals surface area contributed by atoms with Crippen molar-refractivity contribution in [3.8, 4) is 0 Å². The Bertz CT molecular complexity index is 753. The number of aromatic nitrogens is 1. The summed E-state index contributed by atoms with van der Waals surface area (Å²) >= 11 is 0. The second-order valence-corrected chi connectivity index (χ2v) is 6.11. The molecule has 7 heteroatoms. The van der Waals surface area contributed by atoms with Gasteiger partial charge in [0, 0.05) is 48.2 Å². The lowest BCUT2D eigenvalue weighted by Crippen LogP contribution is -2.31. The molecule has 2 atom stereocenters. The van der Waals surface area contributed by atoms with Crippen LogP contribution in [0.5, 0.6) is 0 Å². The third-order valence-electron chi connectivity index (χ3n) is 4.56. The first-order valence-corrected chi connectivity index (χ1v) is 7.66. The maximum atomic E-state index is 12.4. The van der Waals surface area contributed by atoms with Gasteiger partial charge in [-0.15, -0.1) is 0 Å². The van der Waals surface area contributed by atoms with Crippen molar-refractivity contribution in [3.63, 3.8) is 0 Å². The van der Waals surface area contributed by atoms with Gasteiger partial charge >= 0.3 is 0 Å². The summed E-state index contributed by atoms with van der Waals surface area (Å²) in [4.78, 5) is 27.7. The number of carbonyl (C=O) groups is 1. The minimum atomic E-state index is -0.439. The molecule has 1 aliphatic heterocycles. The second kappa shape index (κ2) is 6.00. The Labute approximate surface area is 133 Å². The Morgan fingerprint density at radius 3 is 3.00 bits per heavy atom. The maximum Gasteiger partial charge on any atom is 0.270 e. The number of likely N-dealkylation sites (tertiary alicyclic amines) is 1. The molecule has 2 heterocycles. The normalized spacial score (nSPS) is 19.2. The van der Waals surface area contributed by atoms with E-state index < -0.39 is 11.0 Å². The first kappa shape index (κ1) is 15.5. The summed E-state index contributed by atoms with van der Waals surface area (Å²) in [7, 11) is 0. The summed E-state index contributed by atoms with van der Waals surface area (Å²) in [6.45, 7) is 2.97. The fourth-order valence-electron chi connectivity index (χ4n) is 3.11. The van der Waals surface area contributed by atoms with E-state index in [0.29, 0.717) is 18.5 Å². The van der Waals surface area contributed by atoms with Crippen LogP contribution in [0, 0.1) is 16.0 Å². The van der Waals surface area contributed by atoms with Gasteiger partial charge < -0.3 is 15.0 Å². The van der Waals surface area contributed by atoms with Crippen molar-refractivity contribution in [1.29, 1.82) is 0 Å². The Morgan fingerprint density at radius 1 is 1.57 bits per heavy atom. The summed E-state index contributed by atoms with van der Waals surface area (Å²) in [5.41, 5.74) is 1.55. The second-order valence-electron chi connectivity index (χ2n) is 6.11. The molecule has 7 nitrogen and oxygen atoms in total. The van der Waals surface area contributed by atoms with Crippen LogP contribution in [0.3, 0.4) is 0 Å². The average molecular weight is 317 g/mol. The van der Waals surface area contributed by atoms with E-state index in [-0.39, 0.29) is 23.9 Å². The van der Waals surface area contributed by atoms with E-state index in [1.165, 1.54) is 12.1 Å². The number of aliphatic hydroxyl groups is 1. The van der Waals surface area contributed by atoms with Crippen molar-refractivity contribution >= 4 is 22.5 Å². The highest BCUT2D eigenvalue weighted by Gasteiger charge is 2.29. The lowest BCUT2D eigenvalue weighted by Gasteiger charge is -2.17. The van der Waals surface area contributed by atoms with Crippen molar-refractivity contribution in [1.82, 2.24) is 9.88 Å². The fourth-order valence-corrected chi connectivity index (χ4v) is 3.11. The molecule has 1 aromatic heterocycles. The van der Waals surface area contributed by atoms with Crippen LogP contribution in [-0.2, 0) is 11.2 Å². The topological polar surface area (TPSA) is 99.5 Å². The average Bonchev–Trinajstić information content (AvgIpc) is 3.14. The Morgan fingerprint density at radius 2 is 2.35 bits per heavy atom. The number of nitrogens with one attached hydrogen (secondary N) is 1. The molecule has 2 N–H and O–H groups in total. The molecule has 3 rings (SSSR count). The smallest absolute Gasteiger partial charge is 0.270 e. The van der Waals surface area contributed by atoms with Crippen LogP contribution >= 0.6 is 0 Å². The molecular formula is C16H19N3O4. The van der Waals surface area contributed by atoms with Crippen LogP contribution in [0.25, 0.3) is 10.9 Å². The number of aromatic amines is 1. The third kappa shape index (κ3) is 3.05. The number of nitro benzene ring substituents is 1. The number of benzene rings is 1. The van der Waals surface area contributed by atoms with Crippen LogP contribution in [0.1, 0.15) is 18.9 Å². The monoisotopic (exact) mass is 317 g/mol. The van der Waals surface area contributed by atoms with Gasteiger partial charge in [0.1, 0.15) is 0 Å². The van der Waals surface area contributed by atoms with Crippen LogP contribution in [-0.4, -0.2) is 45.0 Å². The van der Waals surface area contributed by atoms with Gasteiger partial charge in [-0.05, 0) is 25.0 Å². The predicted molar refractivity (Wildman–Crippen MR) is 85.0 cm³/mol. The molecule has 122 valence electrons. The van der Waals surface area contributed by atoms with Crippen molar-refractivity contribution in [2.75, 3.05) is 13.1 Å². The number of non-ortho nitro benzene ring substituents is 1. The fraction of sp³-hybridized carbons (Fsp3) is 0.438. The van der Waals surface area contributed by atoms with E-state index >= 15 is 0 Å². The molecule has 0 saturated carbocycles. The van der Waals surface area contributed by atoms with Gasteiger partial charge in [0.05, 0.1) is 17.4 Å². The van der Waals surface area contributed by atoms with Gasteiger partial charge in [-0.3, -0.25) is 14.9 Å². The van der Waals surface area contributed by atoms with Crippen LogP contribution in [0.15, 0.2) is 24.4 Å². The number of hydrogen-bond donors (Lipinski definition) is 2. The summed E-state index contributed by atoms with van der Waals surface area (Å²) in [6.07, 6.45) is 2.33. The predicted octanol–water partition coefficient (Wildman–Crippen LogP) is 1.85. The summed E-state index contributed by atoms with van der Waals surface area (Å²) in [6, 6.07) is 4.59. The van der Waals surface area contributed by atoms with Gasteiger partial charge in [-0.1, -0.05) is 0 Å². The molecule has 0 bridgehead atoms. The Kier molecular flexibility index (Phi) is 4.04. The van der Waals surface area contributed by atoms with Crippen molar-refractivity contribution in [2.24, 2.45) is 5.92 Å². The molecule has 0 aliphatic carbocycles. The van der Waals surface area contributed by atoms with Gasteiger partial charge in [-0.25, -0.2) is 0 Å².